The summed E-state index contributed by atoms with van der Waals surface area (Å²) in [6.07, 6.45) is -3.32. The molecule has 0 aromatic rings. The van der Waals surface area contributed by atoms with Crippen LogP contribution in [0.25, 0.3) is 0 Å². The topological polar surface area (TPSA) is 147 Å². The largest absolute Gasteiger partial charge is 0.478 e. The highest BCUT2D eigenvalue weighted by Crippen LogP contribution is 2.29. The molecule has 0 aromatic heterocycles. The van der Waals surface area contributed by atoms with Crippen LogP contribution in [0, 0.1) is 5.92 Å². The molecule has 0 bridgehead atoms. The first-order valence-electron chi connectivity index (χ1n) is 6.14. The fourth-order valence-electron chi connectivity index (χ4n) is 2.32. The minimum Gasteiger partial charge on any atom is -0.478 e. The van der Waals surface area contributed by atoms with Crippen LogP contribution in [-0.4, -0.2) is 68.4 Å². The number of rotatable bonds is 5. The zero-order valence-corrected chi connectivity index (χ0v) is 10.9. The minimum absolute atomic E-state index is 0.117. The SMILES string of the molecule is CC(=O)N[C@H]1[C@H]([C@H](O)[C@H](O)CO)CC(C(=O)O)=C[C@@H]1O. The van der Waals surface area contributed by atoms with Crippen molar-refractivity contribution in [2.45, 2.75) is 37.7 Å². The van der Waals surface area contributed by atoms with Crippen molar-refractivity contribution in [2.24, 2.45) is 5.92 Å². The standard InChI is InChI=1S/C12H19NO7/c1-5(15)13-10-7(11(18)9(17)4-14)2-6(12(19)20)3-8(10)16/h3,7-11,14,16-18H,2,4H2,1H3,(H,13,15)(H,19,20)/t7-,8+,9-,10+,11+/m1/s1. The Hall–Kier alpha value is -1.48. The van der Waals surface area contributed by atoms with Gasteiger partial charge in [0.25, 0.3) is 0 Å². The van der Waals surface area contributed by atoms with Gasteiger partial charge in [0.15, 0.2) is 0 Å². The van der Waals surface area contributed by atoms with Crippen LogP contribution in [0.1, 0.15) is 13.3 Å². The predicted molar refractivity (Wildman–Crippen MR) is 66.5 cm³/mol. The van der Waals surface area contributed by atoms with E-state index in [1.54, 1.807) is 0 Å². The van der Waals surface area contributed by atoms with Crippen molar-refractivity contribution in [1.29, 1.82) is 0 Å². The Morgan fingerprint density at radius 2 is 2.05 bits per heavy atom. The molecule has 1 aliphatic rings. The zero-order valence-electron chi connectivity index (χ0n) is 10.9. The molecule has 8 nitrogen and oxygen atoms in total. The second kappa shape index (κ2) is 6.80. The van der Waals surface area contributed by atoms with Crippen molar-refractivity contribution in [2.75, 3.05) is 6.61 Å². The van der Waals surface area contributed by atoms with E-state index < -0.39 is 48.8 Å². The second-order valence-electron chi connectivity index (χ2n) is 4.82. The molecule has 0 fully saturated rings. The molecule has 1 rings (SSSR count). The van der Waals surface area contributed by atoms with E-state index in [2.05, 4.69) is 5.32 Å². The molecule has 114 valence electrons. The van der Waals surface area contributed by atoms with Gasteiger partial charge in [-0.3, -0.25) is 4.79 Å². The van der Waals surface area contributed by atoms with Crippen LogP contribution in [0.5, 0.6) is 0 Å². The lowest BCUT2D eigenvalue weighted by Gasteiger charge is -2.38. The van der Waals surface area contributed by atoms with Gasteiger partial charge in [0.2, 0.25) is 5.91 Å². The quantitative estimate of drug-likeness (QED) is 0.330. The first kappa shape index (κ1) is 16.6. The van der Waals surface area contributed by atoms with Crippen LogP contribution < -0.4 is 5.32 Å². The van der Waals surface area contributed by atoms with Crippen LogP contribution >= 0.6 is 0 Å². The average molecular weight is 289 g/mol. The number of hydrogen-bond acceptors (Lipinski definition) is 6. The number of aliphatic hydroxyl groups is 4. The van der Waals surface area contributed by atoms with Gasteiger partial charge in [-0.25, -0.2) is 4.79 Å². The molecule has 0 aromatic carbocycles. The summed E-state index contributed by atoms with van der Waals surface area (Å²) in [6, 6.07) is -0.938. The second-order valence-corrected chi connectivity index (χ2v) is 4.82. The third-order valence-corrected chi connectivity index (χ3v) is 3.32. The highest BCUT2D eigenvalue weighted by Gasteiger charge is 2.40. The lowest BCUT2D eigenvalue weighted by Crippen LogP contribution is -2.55. The Morgan fingerprint density at radius 3 is 2.50 bits per heavy atom. The number of amides is 1. The van der Waals surface area contributed by atoms with E-state index in [0.29, 0.717) is 0 Å². The predicted octanol–water partition coefficient (Wildman–Crippen LogP) is -2.40. The summed E-state index contributed by atoms with van der Waals surface area (Å²) < 4.78 is 0. The Labute approximate surface area is 115 Å². The fraction of sp³-hybridized carbons (Fsp3) is 0.667. The normalized spacial score (nSPS) is 29.2. The highest BCUT2D eigenvalue weighted by molar-refractivity contribution is 5.87. The van der Waals surface area contributed by atoms with Crippen molar-refractivity contribution < 1.29 is 35.1 Å². The summed E-state index contributed by atoms with van der Waals surface area (Å²) in [5.74, 6) is -2.63. The van der Waals surface area contributed by atoms with Gasteiger partial charge in [0.05, 0.1) is 24.9 Å². The average Bonchev–Trinajstić information content (AvgIpc) is 2.38. The molecule has 0 unspecified atom stereocenters. The smallest absolute Gasteiger partial charge is 0.331 e. The molecule has 0 spiro atoms. The molecule has 0 saturated carbocycles. The molecule has 0 radical (unpaired) electrons. The molecule has 1 amide bonds. The van der Waals surface area contributed by atoms with Gasteiger partial charge in [-0.2, -0.15) is 0 Å². The monoisotopic (exact) mass is 289 g/mol. The molecule has 5 atom stereocenters. The van der Waals surface area contributed by atoms with E-state index in [1.165, 1.54) is 6.92 Å². The molecule has 6 N–H and O–H groups in total. The number of carboxylic acid groups (broad SMARTS) is 1. The van der Waals surface area contributed by atoms with E-state index in [-0.39, 0.29) is 12.0 Å². The Morgan fingerprint density at radius 1 is 1.45 bits per heavy atom. The molecule has 0 aliphatic heterocycles. The summed E-state index contributed by atoms with van der Waals surface area (Å²) in [6.45, 7) is 0.502. The summed E-state index contributed by atoms with van der Waals surface area (Å²) in [7, 11) is 0. The number of aliphatic hydroxyl groups excluding tert-OH is 4. The molecule has 0 heterocycles. The van der Waals surface area contributed by atoms with Crippen LogP contribution in [0.2, 0.25) is 0 Å². The summed E-state index contributed by atoms with van der Waals surface area (Å²) in [4.78, 5) is 22.1. The number of carbonyl (C=O) groups is 2. The minimum atomic E-state index is -1.49. The van der Waals surface area contributed by atoms with Crippen molar-refractivity contribution in [3.63, 3.8) is 0 Å². The lowest BCUT2D eigenvalue weighted by molar-refractivity contribution is -0.133. The van der Waals surface area contributed by atoms with Crippen LogP contribution in [0.4, 0.5) is 0 Å². The number of nitrogens with one attached hydrogen (secondary N) is 1. The summed E-state index contributed by atoms with van der Waals surface area (Å²) >= 11 is 0. The first-order chi connectivity index (χ1) is 9.27. The third kappa shape index (κ3) is 3.76. The fourth-order valence-corrected chi connectivity index (χ4v) is 2.32. The number of carbonyl (C=O) groups excluding carboxylic acids is 1. The molecule has 20 heavy (non-hydrogen) atoms. The van der Waals surface area contributed by atoms with E-state index >= 15 is 0 Å². The molecule has 0 saturated heterocycles. The first-order valence-corrected chi connectivity index (χ1v) is 6.14. The van der Waals surface area contributed by atoms with Gasteiger partial charge in [-0.15, -0.1) is 0 Å². The van der Waals surface area contributed by atoms with Gasteiger partial charge in [-0.1, -0.05) is 0 Å². The lowest BCUT2D eigenvalue weighted by atomic mass is 9.78. The van der Waals surface area contributed by atoms with Gasteiger partial charge < -0.3 is 30.8 Å². The summed E-state index contributed by atoms with van der Waals surface area (Å²) in [5.41, 5.74) is -0.117. The van der Waals surface area contributed by atoms with E-state index in [0.717, 1.165) is 6.08 Å². The Balaban J connectivity index is 3.04. The van der Waals surface area contributed by atoms with Crippen molar-refractivity contribution in [1.82, 2.24) is 5.32 Å². The van der Waals surface area contributed by atoms with E-state index in [4.69, 9.17) is 10.2 Å². The third-order valence-electron chi connectivity index (χ3n) is 3.32. The van der Waals surface area contributed by atoms with Crippen molar-refractivity contribution in [3.8, 4) is 0 Å². The number of aliphatic carboxylic acids is 1. The van der Waals surface area contributed by atoms with Crippen molar-refractivity contribution >= 4 is 11.9 Å². The van der Waals surface area contributed by atoms with E-state index in [1.807, 2.05) is 0 Å². The van der Waals surface area contributed by atoms with Gasteiger partial charge in [0.1, 0.15) is 6.10 Å². The Bertz CT molecular complexity index is 409. The van der Waals surface area contributed by atoms with Crippen LogP contribution in [0.3, 0.4) is 0 Å². The summed E-state index contributed by atoms with van der Waals surface area (Å²) in [5, 5.41) is 49.6. The highest BCUT2D eigenvalue weighted by atomic mass is 16.4. The molecule has 1 aliphatic carbocycles. The van der Waals surface area contributed by atoms with Gasteiger partial charge in [-0.05, 0) is 12.5 Å². The maximum absolute atomic E-state index is 11.1. The van der Waals surface area contributed by atoms with Crippen LogP contribution in [-0.2, 0) is 9.59 Å². The molecular formula is C12H19NO7. The van der Waals surface area contributed by atoms with Crippen LogP contribution in [0.15, 0.2) is 11.6 Å². The molecular weight excluding hydrogens is 270 g/mol. The maximum Gasteiger partial charge on any atom is 0.331 e. The van der Waals surface area contributed by atoms with Gasteiger partial charge in [0, 0.05) is 18.4 Å². The Kier molecular flexibility index (Phi) is 5.63. The van der Waals surface area contributed by atoms with Crippen molar-refractivity contribution in [3.05, 3.63) is 11.6 Å². The van der Waals surface area contributed by atoms with Gasteiger partial charge >= 0.3 is 5.97 Å². The number of carboxylic acids is 1. The number of hydrogen-bond donors (Lipinski definition) is 6. The molecule has 8 heteroatoms. The zero-order chi connectivity index (χ0) is 15.4. The maximum atomic E-state index is 11.1. The van der Waals surface area contributed by atoms with E-state index in [9.17, 15) is 24.9 Å².